The molecule has 0 fully saturated rings. The monoisotopic (exact) mass is 488 g/mol. The highest BCUT2D eigenvalue weighted by atomic mass is 16.5. The van der Waals surface area contributed by atoms with Crippen LogP contribution in [0.4, 0.5) is 0 Å². The van der Waals surface area contributed by atoms with Crippen molar-refractivity contribution in [3.05, 3.63) is 83.9 Å². The minimum atomic E-state index is -0.794. The van der Waals surface area contributed by atoms with Crippen molar-refractivity contribution in [2.45, 2.75) is 52.1 Å². The van der Waals surface area contributed by atoms with Gasteiger partial charge in [0.05, 0.1) is 19.6 Å². The van der Waals surface area contributed by atoms with E-state index in [2.05, 4.69) is 10.6 Å². The minimum Gasteiger partial charge on any atom is -0.469 e. The van der Waals surface area contributed by atoms with Crippen LogP contribution in [-0.2, 0) is 25.5 Å². The zero-order valence-electron chi connectivity index (χ0n) is 21.5. The predicted octanol–water partition coefficient (Wildman–Crippen LogP) is 4.97. The Balaban J connectivity index is 1.83. The van der Waals surface area contributed by atoms with Gasteiger partial charge in [0.25, 0.3) is 0 Å². The Morgan fingerprint density at radius 2 is 1.47 bits per heavy atom. The molecule has 0 aromatic heterocycles. The van der Waals surface area contributed by atoms with Crippen LogP contribution >= 0.6 is 0 Å². The van der Waals surface area contributed by atoms with Gasteiger partial charge in [-0.05, 0) is 41.2 Å². The summed E-state index contributed by atoms with van der Waals surface area (Å²) in [4.78, 5) is 38.7. The summed E-state index contributed by atoms with van der Waals surface area (Å²) in [5.41, 5.74) is 1.92. The number of amides is 2. The first-order valence-electron chi connectivity index (χ1n) is 12.5. The van der Waals surface area contributed by atoms with E-state index >= 15 is 0 Å². The fourth-order valence-corrected chi connectivity index (χ4v) is 4.38. The maximum atomic E-state index is 13.4. The van der Waals surface area contributed by atoms with Gasteiger partial charge in [-0.15, -0.1) is 0 Å². The van der Waals surface area contributed by atoms with E-state index in [1.165, 1.54) is 7.11 Å². The maximum Gasteiger partial charge on any atom is 0.306 e. The number of rotatable bonds is 11. The first-order chi connectivity index (χ1) is 17.3. The van der Waals surface area contributed by atoms with E-state index in [1.807, 2.05) is 93.6 Å². The second kappa shape index (κ2) is 12.9. The van der Waals surface area contributed by atoms with Crippen molar-refractivity contribution >= 4 is 28.6 Å². The normalized spacial score (nSPS) is 13.6. The van der Waals surface area contributed by atoms with Crippen molar-refractivity contribution in [2.24, 2.45) is 11.8 Å². The molecule has 6 nitrogen and oxygen atoms in total. The van der Waals surface area contributed by atoms with Crippen LogP contribution in [-0.4, -0.2) is 30.9 Å². The van der Waals surface area contributed by atoms with E-state index < -0.39 is 17.9 Å². The molecule has 3 atom stereocenters. The van der Waals surface area contributed by atoms with Gasteiger partial charge in [-0.3, -0.25) is 14.4 Å². The van der Waals surface area contributed by atoms with E-state index in [0.29, 0.717) is 12.8 Å². The fourth-order valence-electron chi connectivity index (χ4n) is 4.38. The molecule has 0 saturated heterocycles. The van der Waals surface area contributed by atoms with Gasteiger partial charge in [-0.1, -0.05) is 86.6 Å². The number of hydrogen-bond acceptors (Lipinski definition) is 4. The number of hydrogen-bond donors (Lipinski definition) is 2. The van der Waals surface area contributed by atoms with E-state index in [4.69, 9.17) is 4.74 Å². The van der Waals surface area contributed by atoms with Crippen LogP contribution in [0.2, 0.25) is 0 Å². The molecule has 0 aliphatic carbocycles. The molecule has 0 spiro atoms. The van der Waals surface area contributed by atoms with Crippen LogP contribution in [0.3, 0.4) is 0 Å². The molecular formula is C30H36N2O4. The molecule has 3 rings (SSSR count). The summed E-state index contributed by atoms with van der Waals surface area (Å²) in [5, 5.41) is 8.17. The first kappa shape index (κ1) is 26.9. The molecule has 0 radical (unpaired) electrons. The quantitative estimate of drug-likeness (QED) is 0.373. The van der Waals surface area contributed by atoms with E-state index in [0.717, 1.165) is 21.9 Å². The average molecular weight is 489 g/mol. The molecule has 3 aromatic rings. The van der Waals surface area contributed by atoms with Crippen molar-refractivity contribution < 1.29 is 19.1 Å². The molecular weight excluding hydrogens is 452 g/mol. The lowest BCUT2D eigenvalue weighted by atomic mass is 9.92. The Bertz CT molecular complexity index is 1180. The Hall–Kier alpha value is -3.67. The van der Waals surface area contributed by atoms with Crippen molar-refractivity contribution in [3.8, 4) is 0 Å². The molecule has 0 heterocycles. The topological polar surface area (TPSA) is 84.5 Å². The molecule has 36 heavy (non-hydrogen) atoms. The highest BCUT2D eigenvalue weighted by Gasteiger charge is 2.29. The van der Waals surface area contributed by atoms with Crippen LogP contribution in [0.25, 0.3) is 10.8 Å². The van der Waals surface area contributed by atoms with Gasteiger partial charge in [0.1, 0.15) is 6.04 Å². The molecule has 2 N–H and O–H groups in total. The highest BCUT2D eigenvalue weighted by Crippen LogP contribution is 2.20. The van der Waals surface area contributed by atoms with E-state index in [1.54, 1.807) is 0 Å². The van der Waals surface area contributed by atoms with Crippen LogP contribution in [0, 0.1) is 11.8 Å². The van der Waals surface area contributed by atoms with Crippen LogP contribution in [0.15, 0.2) is 72.8 Å². The lowest BCUT2D eigenvalue weighted by molar-refractivity contribution is -0.144. The van der Waals surface area contributed by atoms with Crippen LogP contribution in [0.5, 0.6) is 0 Å². The number of methoxy groups -OCH3 is 1. The Morgan fingerprint density at radius 3 is 2.14 bits per heavy atom. The molecule has 0 aliphatic rings. The van der Waals surface area contributed by atoms with Crippen LogP contribution < -0.4 is 10.6 Å². The summed E-state index contributed by atoms with van der Waals surface area (Å²) in [6, 6.07) is 22.7. The molecule has 190 valence electrons. The molecule has 2 amide bonds. The van der Waals surface area contributed by atoms with Crippen molar-refractivity contribution in [3.63, 3.8) is 0 Å². The largest absolute Gasteiger partial charge is 0.469 e. The third-order valence-corrected chi connectivity index (χ3v) is 6.31. The number of fused-ring (bicyclic) bond motifs is 1. The second-order valence-corrected chi connectivity index (χ2v) is 9.69. The lowest BCUT2D eigenvalue weighted by Gasteiger charge is -2.25. The Labute approximate surface area is 213 Å². The van der Waals surface area contributed by atoms with Gasteiger partial charge in [-0.2, -0.15) is 0 Å². The third kappa shape index (κ3) is 7.67. The molecule has 0 unspecified atom stereocenters. The zero-order chi connectivity index (χ0) is 26.1. The van der Waals surface area contributed by atoms with Gasteiger partial charge >= 0.3 is 5.97 Å². The molecule has 0 saturated carbocycles. The minimum absolute atomic E-state index is 0.0226. The average Bonchev–Trinajstić information content (AvgIpc) is 2.87. The molecule has 6 heteroatoms. The van der Waals surface area contributed by atoms with Gasteiger partial charge < -0.3 is 15.4 Å². The van der Waals surface area contributed by atoms with Crippen LogP contribution in [0.1, 0.15) is 50.8 Å². The highest BCUT2D eigenvalue weighted by molar-refractivity contribution is 5.90. The summed E-state index contributed by atoms with van der Waals surface area (Å²) in [6.07, 6.45) is 0.827. The molecule has 0 bridgehead atoms. The predicted molar refractivity (Wildman–Crippen MR) is 142 cm³/mol. The van der Waals surface area contributed by atoms with Crippen molar-refractivity contribution in [1.82, 2.24) is 10.6 Å². The van der Waals surface area contributed by atoms with Gasteiger partial charge in [-0.25, -0.2) is 0 Å². The summed E-state index contributed by atoms with van der Waals surface area (Å²) < 4.78 is 4.80. The summed E-state index contributed by atoms with van der Waals surface area (Å²) in [5.74, 6) is -1.40. The third-order valence-electron chi connectivity index (χ3n) is 6.31. The number of nitrogens with one attached hydrogen (secondary N) is 2. The summed E-state index contributed by atoms with van der Waals surface area (Å²) >= 11 is 0. The van der Waals surface area contributed by atoms with Gasteiger partial charge in [0.2, 0.25) is 11.8 Å². The zero-order valence-corrected chi connectivity index (χ0v) is 21.5. The number of esters is 1. The number of carbonyl (C=O) groups excluding carboxylic acids is 3. The number of benzene rings is 3. The molecule has 3 aromatic carbocycles. The molecule has 0 aliphatic heterocycles. The van der Waals surface area contributed by atoms with Gasteiger partial charge in [0, 0.05) is 12.3 Å². The standard InChI is InChI=1S/C30H36N2O4/c1-20(2)16-26(19-28(33)36-4)29(34)32-27(30(35)31-21(3)23-10-6-5-7-11-23)18-22-14-15-24-12-8-9-13-25(24)17-22/h5-15,17,20-21,26-27H,16,18-19H2,1-4H3,(H,31,35)(H,32,34)/t21-,26+,27-/m0/s1. The fraction of sp³-hybridized carbons (Fsp3) is 0.367. The van der Waals surface area contributed by atoms with E-state index in [9.17, 15) is 14.4 Å². The SMILES string of the molecule is COC(=O)C[C@@H](CC(C)C)C(=O)N[C@@H](Cc1ccc2ccccc2c1)C(=O)N[C@@H](C)c1ccccc1. The van der Waals surface area contributed by atoms with Crippen molar-refractivity contribution in [1.29, 1.82) is 0 Å². The number of ether oxygens (including phenoxy) is 1. The van der Waals surface area contributed by atoms with Gasteiger partial charge in [0.15, 0.2) is 0 Å². The van der Waals surface area contributed by atoms with E-state index in [-0.39, 0.29) is 30.2 Å². The first-order valence-corrected chi connectivity index (χ1v) is 12.5. The smallest absolute Gasteiger partial charge is 0.306 e. The Morgan fingerprint density at radius 1 is 0.806 bits per heavy atom. The lowest BCUT2D eigenvalue weighted by Crippen LogP contribution is -2.50. The summed E-state index contributed by atoms with van der Waals surface area (Å²) in [6.45, 7) is 5.91. The maximum absolute atomic E-state index is 13.4. The van der Waals surface area contributed by atoms with Crippen molar-refractivity contribution in [2.75, 3.05) is 7.11 Å². The Kier molecular flexibility index (Phi) is 9.62. The number of carbonyl (C=O) groups is 3. The summed E-state index contributed by atoms with van der Waals surface area (Å²) in [7, 11) is 1.31. The second-order valence-electron chi connectivity index (χ2n) is 9.69.